The minimum atomic E-state index is -0.296. The zero-order valence-corrected chi connectivity index (χ0v) is 18.9. The number of hydrogen-bond acceptors (Lipinski definition) is 4. The van der Waals surface area contributed by atoms with E-state index in [9.17, 15) is 9.59 Å². The number of fused-ring (bicyclic) bond motifs is 1. The molecule has 0 saturated carbocycles. The van der Waals surface area contributed by atoms with Crippen molar-refractivity contribution < 1.29 is 9.59 Å². The minimum Gasteiger partial charge on any atom is -0.326 e. The highest BCUT2D eigenvalue weighted by Crippen LogP contribution is 2.37. The molecule has 0 saturated heterocycles. The van der Waals surface area contributed by atoms with Crippen LogP contribution in [0.15, 0.2) is 48.5 Å². The van der Waals surface area contributed by atoms with Crippen LogP contribution in [0, 0.1) is 6.92 Å². The predicted molar refractivity (Wildman–Crippen MR) is 126 cm³/mol. The minimum absolute atomic E-state index is 0.0417. The first-order chi connectivity index (χ1) is 14.9. The SMILES string of the molecule is Cc1ccc(C(=O)Nc2nc3c(s2)CCCC3C(=O)Nc2ccc(C(C)C)cc2)cc1. The molecule has 4 rings (SSSR count). The molecule has 6 heteroatoms. The van der Waals surface area contributed by atoms with Gasteiger partial charge < -0.3 is 5.32 Å². The van der Waals surface area contributed by atoms with Gasteiger partial charge >= 0.3 is 0 Å². The molecule has 1 aliphatic rings. The van der Waals surface area contributed by atoms with Gasteiger partial charge in [-0.3, -0.25) is 14.9 Å². The Kier molecular flexibility index (Phi) is 6.18. The lowest BCUT2D eigenvalue weighted by Gasteiger charge is -2.20. The summed E-state index contributed by atoms with van der Waals surface area (Å²) in [4.78, 5) is 31.3. The van der Waals surface area contributed by atoms with Gasteiger partial charge in [-0.05, 0) is 61.9 Å². The number of nitrogens with one attached hydrogen (secondary N) is 2. The van der Waals surface area contributed by atoms with Crippen LogP contribution in [-0.4, -0.2) is 16.8 Å². The molecule has 1 aromatic heterocycles. The van der Waals surface area contributed by atoms with Crippen LogP contribution in [0.25, 0.3) is 0 Å². The molecule has 160 valence electrons. The van der Waals surface area contributed by atoms with Crippen LogP contribution in [0.1, 0.15) is 70.6 Å². The number of benzene rings is 2. The van der Waals surface area contributed by atoms with Crippen LogP contribution in [-0.2, 0) is 11.2 Å². The van der Waals surface area contributed by atoms with Crippen LogP contribution in [0.5, 0.6) is 0 Å². The molecule has 3 aromatic rings. The van der Waals surface area contributed by atoms with Crippen molar-refractivity contribution in [2.24, 2.45) is 0 Å². The van der Waals surface area contributed by atoms with Gasteiger partial charge in [-0.2, -0.15) is 0 Å². The van der Waals surface area contributed by atoms with Gasteiger partial charge in [0.05, 0.1) is 11.6 Å². The smallest absolute Gasteiger partial charge is 0.257 e. The molecule has 31 heavy (non-hydrogen) atoms. The molecule has 0 radical (unpaired) electrons. The number of hydrogen-bond donors (Lipinski definition) is 2. The lowest BCUT2D eigenvalue weighted by molar-refractivity contribution is -0.117. The first-order valence-corrected chi connectivity index (χ1v) is 11.5. The third-order valence-corrected chi connectivity index (χ3v) is 6.70. The second-order valence-electron chi connectivity index (χ2n) is 8.36. The molecule has 2 amide bonds. The van der Waals surface area contributed by atoms with Gasteiger partial charge in [-0.1, -0.05) is 43.7 Å². The summed E-state index contributed by atoms with van der Waals surface area (Å²) in [6.45, 7) is 6.28. The second-order valence-corrected chi connectivity index (χ2v) is 9.44. The van der Waals surface area contributed by atoms with E-state index in [2.05, 4.69) is 29.5 Å². The lowest BCUT2D eigenvalue weighted by Crippen LogP contribution is -2.24. The molecule has 1 aliphatic carbocycles. The van der Waals surface area contributed by atoms with Gasteiger partial charge in [-0.25, -0.2) is 4.98 Å². The van der Waals surface area contributed by atoms with Gasteiger partial charge in [0.1, 0.15) is 0 Å². The molecule has 0 aliphatic heterocycles. The van der Waals surface area contributed by atoms with Gasteiger partial charge in [0.15, 0.2) is 5.13 Å². The Balaban J connectivity index is 1.47. The fourth-order valence-electron chi connectivity index (χ4n) is 3.78. The molecular formula is C25H27N3O2S. The number of nitrogens with zero attached hydrogens (tertiary/aromatic N) is 1. The molecule has 0 spiro atoms. The first-order valence-electron chi connectivity index (χ1n) is 10.7. The maximum Gasteiger partial charge on any atom is 0.257 e. The normalized spacial score (nSPS) is 15.4. The molecule has 0 fully saturated rings. The maximum atomic E-state index is 13.0. The van der Waals surface area contributed by atoms with E-state index in [0.29, 0.717) is 16.6 Å². The quantitative estimate of drug-likeness (QED) is 0.527. The highest BCUT2D eigenvalue weighted by Gasteiger charge is 2.30. The van der Waals surface area contributed by atoms with E-state index in [-0.39, 0.29) is 17.7 Å². The number of aryl methyl sites for hydroxylation is 2. The first kappa shape index (κ1) is 21.2. The molecule has 0 bridgehead atoms. The summed E-state index contributed by atoms with van der Waals surface area (Å²) in [5.41, 5.74) is 4.54. The van der Waals surface area contributed by atoms with E-state index in [0.717, 1.165) is 41.1 Å². The molecule has 2 N–H and O–H groups in total. The van der Waals surface area contributed by atoms with Crippen molar-refractivity contribution in [1.82, 2.24) is 4.98 Å². The Hall–Kier alpha value is -2.99. The predicted octanol–water partition coefficient (Wildman–Crippen LogP) is 5.89. The Morgan fingerprint density at radius 2 is 1.74 bits per heavy atom. The number of aromatic nitrogens is 1. The van der Waals surface area contributed by atoms with Gasteiger partial charge in [-0.15, -0.1) is 11.3 Å². The van der Waals surface area contributed by atoms with E-state index in [1.165, 1.54) is 16.9 Å². The zero-order valence-electron chi connectivity index (χ0n) is 18.1. The van der Waals surface area contributed by atoms with Crippen LogP contribution in [0.3, 0.4) is 0 Å². The molecular weight excluding hydrogens is 406 g/mol. The Bertz CT molecular complexity index is 1080. The van der Waals surface area contributed by atoms with Gasteiger partial charge in [0.25, 0.3) is 5.91 Å². The van der Waals surface area contributed by atoms with Crippen molar-refractivity contribution in [2.45, 2.75) is 51.9 Å². The maximum absolute atomic E-state index is 13.0. The third kappa shape index (κ3) is 4.85. The second kappa shape index (κ2) is 9.02. The molecule has 1 atom stereocenters. The van der Waals surface area contributed by atoms with Crippen molar-refractivity contribution >= 4 is 34.0 Å². The Labute approximate surface area is 186 Å². The highest BCUT2D eigenvalue weighted by molar-refractivity contribution is 7.16. The van der Waals surface area contributed by atoms with Gasteiger partial charge in [0, 0.05) is 16.1 Å². The van der Waals surface area contributed by atoms with Crippen LogP contribution in [0.4, 0.5) is 10.8 Å². The standard InChI is InChI=1S/C25H27N3O2S/c1-15(2)17-11-13-19(14-12-17)26-24(30)20-5-4-6-21-22(20)27-25(31-21)28-23(29)18-9-7-16(3)8-10-18/h7-15,20H,4-6H2,1-3H3,(H,26,30)(H,27,28,29). The summed E-state index contributed by atoms with van der Waals surface area (Å²) in [6.07, 6.45) is 2.59. The third-order valence-electron chi connectivity index (χ3n) is 5.65. The van der Waals surface area contributed by atoms with Crippen LogP contribution >= 0.6 is 11.3 Å². The van der Waals surface area contributed by atoms with E-state index in [1.807, 2.05) is 43.3 Å². The molecule has 5 nitrogen and oxygen atoms in total. The van der Waals surface area contributed by atoms with E-state index < -0.39 is 0 Å². The summed E-state index contributed by atoms with van der Waals surface area (Å²) in [7, 11) is 0. The topological polar surface area (TPSA) is 71.1 Å². The average molecular weight is 434 g/mol. The fourth-order valence-corrected chi connectivity index (χ4v) is 4.84. The van der Waals surface area contributed by atoms with Crippen LogP contribution in [0.2, 0.25) is 0 Å². The summed E-state index contributed by atoms with van der Waals surface area (Å²) >= 11 is 1.47. The van der Waals surface area contributed by atoms with Gasteiger partial charge in [0.2, 0.25) is 5.91 Å². The van der Waals surface area contributed by atoms with Crippen molar-refractivity contribution in [3.05, 3.63) is 75.8 Å². The summed E-state index contributed by atoms with van der Waals surface area (Å²) in [5, 5.41) is 6.49. The number of carbonyl (C=O) groups is 2. The number of anilines is 2. The molecule has 2 aromatic carbocycles. The van der Waals surface area contributed by atoms with Crippen molar-refractivity contribution in [2.75, 3.05) is 10.6 Å². The largest absolute Gasteiger partial charge is 0.326 e. The van der Waals surface area contributed by atoms with Crippen molar-refractivity contribution in [1.29, 1.82) is 0 Å². The van der Waals surface area contributed by atoms with E-state index in [4.69, 9.17) is 0 Å². The zero-order chi connectivity index (χ0) is 22.0. The van der Waals surface area contributed by atoms with Crippen LogP contribution < -0.4 is 10.6 Å². The van der Waals surface area contributed by atoms with E-state index in [1.54, 1.807) is 12.1 Å². The summed E-state index contributed by atoms with van der Waals surface area (Å²) < 4.78 is 0. The molecule has 1 unspecified atom stereocenters. The Morgan fingerprint density at radius 3 is 2.42 bits per heavy atom. The fraction of sp³-hybridized carbons (Fsp3) is 0.320. The number of amides is 2. The number of carbonyl (C=O) groups excluding carboxylic acids is 2. The number of thiazole rings is 1. The Morgan fingerprint density at radius 1 is 1.03 bits per heavy atom. The highest BCUT2D eigenvalue weighted by atomic mass is 32.1. The lowest BCUT2D eigenvalue weighted by atomic mass is 9.90. The van der Waals surface area contributed by atoms with E-state index >= 15 is 0 Å². The molecule has 1 heterocycles. The number of rotatable bonds is 5. The summed E-state index contributed by atoms with van der Waals surface area (Å²) in [5.74, 6) is -0.0682. The summed E-state index contributed by atoms with van der Waals surface area (Å²) in [6, 6.07) is 15.4. The van der Waals surface area contributed by atoms with Crippen molar-refractivity contribution in [3.63, 3.8) is 0 Å². The van der Waals surface area contributed by atoms with Crippen molar-refractivity contribution in [3.8, 4) is 0 Å². The monoisotopic (exact) mass is 433 g/mol. The average Bonchev–Trinajstić information content (AvgIpc) is 3.16.